The number of aromatic nitrogens is 3. The molecule has 0 aliphatic heterocycles. The van der Waals surface area contributed by atoms with Gasteiger partial charge in [-0.3, -0.25) is 24.2 Å². The van der Waals surface area contributed by atoms with Gasteiger partial charge in [0.25, 0.3) is 23.6 Å². The Morgan fingerprint density at radius 1 is 0.762 bits per heavy atom. The highest BCUT2D eigenvalue weighted by molar-refractivity contribution is 9.12. The molecular formula is C26H34BrClN10O4. The zero-order chi connectivity index (χ0) is 30.3. The summed E-state index contributed by atoms with van der Waals surface area (Å²) in [6, 6.07) is 4.64. The van der Waals surface area contributed by atoms with Gasteiger partial charge in [0.15, 0.2) is 5.96 Å². The molecule has 0 radical (unpaired) electrons. The number of nitrogens with zero attached hydrogens (tertiary/aromatic N) is 4. The fraction of sp³-hybridized carbons (Fsp3) is 0.269. The summed E-state index contributed by atoms with van der Waals surface area (Å²) in [6.45, 7) is 4.37. The summed E-state index contributed by atoms with van der Waals surface area (Å²) >= 11 is 3.01. The number of guanidine groups is 1. The quantitative estimate of drug-likeness (QED) is 0.0839. The average molecular weight is 666 g/mol. The van der Waals surface area contributed by atoms with Crippen LogP contribution in [-0.2, 0) is 25.9 Å². The summed E-state index contributed by atoms with van der Waals surface area (Å²) in [5.41, 5.74) is 2.22. The van der Waals surface area contributed by atoms with E-state index in [0.29, 0.717) is 47.5 Å². The van der Waals surface area contributed by atoms with Crippen molar-refractivity contribution in [2.45, 2.75) is 0 Å². The summed E-state index contributed by atoms with van der Waals surface area (Å²) in [7, 11) is 8.45. The van der Waals surface area contributed by atoms with Crippen molar-refractivity contribution >= 4 is 75.0 Å². The van der Waals surface area contributed by atoms with Gasteiger partial charge in [-0.25, -0.2) is 0 Å². The number of carbonyl (C=O) groups excluding carboxylic acids is 4. The molecule has 16 heteroatoms. The third-order valence-corrected chi connectivity index (χ3v) is 6.26. The molecule has 0 spiro atoms. The molecular weight excluding hydrogens is 632 g/mol. The molecule has 0 atom stereocenters. The highest BCUT2D eigenvalue weighted by Crippen LogP contribution is 2.20. The van der Waals surface area contributed by atoms with Crippen LogP contribution in [0.15, 0.2) is 52.8 Å². The smallest absolute Gasteiger partial charge is 0.272 e. The molecule has 3 heterocycles. The Kier molecular flexibility index (Phi) is 12.0. The molecule has 3 aromatic rings. The topological polar surface area (TPSA) is 168 Å². The van der Waals surface area contributed by atoms with E-state index in [-0.39, 0.29) is 28.5 Å². The zero-order valence-corrected chi connectivity index (χ0v) is 26.2. The molecule has 6 N–H and O–H groups in total. The number of amides is 4. The lowest BCUT2D eigenvalue weighted by Crippen LogP contribution is -2.40. The van der Waals surface area contributed by atoms with Gasteiger partial charge in [-0.05, 0) is 34.1 Å². The van der Waals surface area contributed by atoms with E-state index in [1.165, 1.54) is 12.1 Å². The third-order valence-electron chi connectivity index (χ3n) is 5.90. The third kappa shape index (κ3) is 8.50. The van der Waals surface area contributed by atoms with Crippen LogP contribution < -0.4 is 31.9 Å². The maximum absolute atomic E-state index is 13.0. The highest BCUT2D eigenvalue weighted by Gasteiger charge is 2.19. The van der Waals surface area contributed by atoms with Crippen molar-refractivity contribution in [1.29, 1.82) is 0 Å². The number of rotatable bonds is 10. The molecule has 14 nitrogen and oxygen atoms in total. The standard InChI is InChI=1S/C26H33BrN10O4.ClH/c1-15(27)22(38)32-16-10-20(36(5)12-16)24(40)34-18-11-21(37(6)14-18)25(41)33-17-9-19(35(4)13-17)23(39)30-7-8-31-26(28-2)29-3;/h9-14H,1,7-8H2,2-6H3,(H,30,39)(H,32,38)(H,33,41)(H,34,40)(H2,28,29,31);1H. The van der Waals surface area contributed by atoms with Gasteiger partial charge in [-0.15, -0.1) is 12.4 Å². The predicted molar refractivity (Wildman–Crippen MR) is 169 cm³/mol. The Bertz CT molecular complexity index is 1520. The van der Waals surface area contributed by atoms with Crippen molar-refractivity contribution in [1.82, 2.24) is 29.7 Å². The molecule has 4 amide bonds. The Morgan fingerprint density at radius 3 is 1.57 bits per heavy atom. The van der Waals surface area contributed by atoms with Gasteiger partial charge in [0.1, 0.15) is 17.1 Å². The maximum atomic E-state index is 13.0. The minimum absolute atomic E-state index is 0. The zero-order valence-electron chi connectivity index (χ0n) is 23.8. The van der Waals surface area contributed by atoms with E-state index in [9.17, 15) is 19.2 Å². The van der Waals surface area contributed by atoms with Crippen LogP contribution in [0.4, 0.5) is 17.1 Å². The fourth-order valence-corrected chi connectivity index (χ4v) is 3.99. The molecule has 0 saturated carbocycles. The van der Waals surface area contributed by atoms with Crippen molar-refractivity contribution < 1.29 is 19.2 Å². The second-order valence-electron chi connectivity index (χ2n) is 8.95. The van der Waals surface area contributed by atoms with E-state index in [4.69, 9.17) is 0 Å². The minimum Gasteiger partial charge on any atom is -0.359 e. The van der Waals surface area contributed by atoms with E-state index >= 15 is 0 Å². The predicted octanol–water partition coefficient (Wildman–Crippen LogP) is 2.00. The molecule has 0 aliphatic carbocycles. The molecule has 42 heavy (non-hydrogen) atoms. The Balaban J connectivity index is 0.00000616. The second-order valence-corrected chi connectivity index (χ2v) is 9.90. The molecule has 0 aliphatic rings. The molecule has 0 bridgehead atoms. The van der Waals surface area contributed by atoms with Gasteiger partial charge >= 0.3 is 0 Å². The largest absolute Gasteiger partial charge is 0.359 e. The minimum atomic E-state index is -0.429. The van der Waals surface area contributed by atoms with Crippen LogP contribution in [0.25, 0.3) is 0 Å². The van der Waals surface area contributed by atoms with Crippen molar-refractivity contribution in [2.75, 3.05) is 43.1 Å². The van der Waals surface area contributed by atoms with Crippen LogP contribution in [0.1, 0.15) is 31.5 Å². The first-order valence-electron chi connectivity index (χ1n) is 12.4. The summed E-state index contributed by atoms with van der Waals surface area (Å²) < 4.78 is 4.92. The summed E-state index contributed by atoms with van der Waals surface area (Å²) in [6.07, 6.45) is 4.84. The highest BCUT2D eigenvalue weighted by atomic mass is 79.9. The van der Waals surface area contributed by atoms with Gasteiger partial charge in [0, 0.05) is 66.9 Å². The first-order chi connectivity index (χ1) is 19.4. The van der Waals surface area contributed by atoms with Crippen LogP contribution in [0, 0.1) is 0 Å². The number of aryl methyl sites for hydroxylation is 3. The lowest BCUT2D eigenvalue weighted by molar-refractivity contribution is -0.112. The second kappa shape index (κ2) is 14.9. The molecule has 226 valence electrons. The number of hydrogen-bond acceptors (Lipinski definition) is 5. The fourth-order valence-electron chi connectivity index (χ4n) is 3.89. The van der Waals surface area contributed by atoms with Crippen LogP contribution in [0.3, 0.4) is 0 Å². The number of aliphatic imine (C=N–C) groups is 1. The van der Waals surface area contributed by atoms with E-state index < -0.39 is 17.7 Å². The van der Waals surface area contributed by atoms with Crippen molar-refractivity contribution in [3.63, 3.8) is 0 Å². The summed E-state index contributed by atoms with van der Waals surface area (Å²) in [5.74, 6) is -0.957. The Hall–Kier alpha value is -4.50. The van der Waals surface area contributed by atoms with E-state index in [0.717, 1.165) is 0 Å². The normalized spacial score (nSPS) is 10.8. The van der Waals surface area contributed by atoms with Gasteiger partial charge in [-0.2, -0.15) is 0 Å². The number of anilines is 3. The van der Waals surface area contributed by atoms with Crippen LogP contribution in [0.5, 0.6) is 0 Å². The first-order valence-corrected chi connectivity index (χ1v) is 13.2. The molecule has 0 fully saturated rings. The number of halogens is 2. The number of hydrogen-bond donors (Lipinski definition) is 6. The number of nitrogens with one attached hydrogen (secondary N) is 6. The average Bonchev–Trinajstić information content (AvgIpc) is 3.59. The Morgan fingerprint density at radius 2 is 1.17 bits per heavy atom. The Labute approximate surface area is 257 Å². The molecule has 3 rings (SSSR count). The van der Waals surface area contributed by atoms with Crippen LogP contribution in [0.2, 0.25) is 0 Å². The maximum Gasteiger partial charge on any atom is 0.272 e. The van der Waals surface area contributed by atoms with Crippen LogP contribution in [-0.4, -0.2) is 70.5 Å². The first kappa shape index (κ1) is 33.7. The lowest BCUT2D eigenvalue weighted by Gasteiger charge is -2.09. The molecule has 3 aromatic heterocycles. The van der Waals surface area contributed by atoms with Crippen molar-refractivity contribution in [2.24, 2.45) is 26.1 Å². The van der Waals surface area contributed by atoms with Crippen molar-refractivity contribution in [3.8, 4) is 0 Å². The van der Waals surface area contributed by atoms with Crippen LogP contribution >= 0.6 is 28.3 Å². The van der Waals surface area contributed by atoms with Gasteiger partial charge in [-0.1, -0.05) is 6.58 Å². The van der Waals surface area contributed by atoms with Gasteiger partial charge in [0.2, 0.25) is 0 Å². The SMILES string of the molecule is C=C(Br)C(=O)Nc1cc(C(=O)Nc2cc(C(=O)Nc3cc(C(=O)NCCNC(=NC)NC)n(C)c3)n(C)c2)n(C)c1.Cl. The molecule has 0 unspecified atom stereocenters. The number of carbonyl (C=O) groups is 4. The molecule has 0 aromatic carbocycles. The van der Waals surface area contributed by atoms with E-state index in [1.54, 1.807) is 73.6 Å². The van der Waals surface area contributed by atoms with E-state index in [2.05, 4.69) is 59.4 Å². The summed E-state index contributed by atoms with van der Waals surface area (Å²) in [5, 5.41) is 16.9. The van der Waals surface area contributed by atoms with Gasteiger partial charge in [0.05, 0.1) is 21.5 Å². The van der Waals surface area contributed by atoms with E-state index in [1.807, 2.05) is 0 Å². The summed E-state index contributed by atoms with van der Waals surface area (Å²) in [4.78, 5) is 54.3. The van der Waals surface area contributed by atoms with Gasteiger partial charge < -0.3 is 45.6 Å². The van der Waals surface area contributed by atoms with Crippen molar-refractivity contribution in [3.05, 3.63) is 64.9 Å². The lowest BCUT2D eigenvalue weighted by atomic mass is 10.3. The molecule has 0 saturated heterocycles. The monoisotopic (exact) mass is 664 g/mol.